The van der Waals surface area contributed by atoms with Crippen LogP contribution >= 0.6 is 0 Å². The molecule has 1 aromatic carbocycles. The Balaban J connectivity index is 1.74. The second kappa shape index (κ2) is 6.04. The molecular formula is C16H15F3N8O. The van der Waals surface area contributed by atoms with Crippen LogP contribution in [0.4, 0.5) is 24.8 Å². The van der Waals surface area contributed by atoms with Gasteiger partial charge in [0.2, 0.25) is 5.95 Å². The highest BCUT2D eigenvalue weighted by Crippen LogP contribution is 2.38. The lowest BCUT2D eigenvalue weighted by Gasteiger charge is -2.26. The van der Waals surface area contributed by atoms with Crippen LogP contribution in [0.5, 0.6) is 0 Å². The summed E-state index contributed by atoms with van der Waals surface area (Å²) in [7, 11) is 1.67. The third-order valence-electron chi connectivity index (χ3n) is 4.77. The minimum atomic E-state index is -4.65. The van der Waals surface area contributed by atoms with Crippen molar-refractivity contribution in [2.24, 2.45) is 0 Å². The van der Waals surface area contributed by atoms with E-state index in [1.54, 1.807) is 25.8 Å². The van der Waals surface area contributed by atoms with E-state index in [-0.39, 0.29) is 23.3 Å². The predicted octanol–water partition coefficient (Wildman–Crippen LogP) is 2.24. The van der Waals surface area contributed by atoms with Gasteiger partial charge in [0.1, 0.15) is 0 Å². The van der Waals surface area contributed by atoms with Crippen LogP contribution in [0.3, 0.4) is 0 Å². The monoisotopic (exact) mass is 392 g/mol. The highest BCUT2D eigenvalue weighted by Gasteiger charge is 2.35. The largest absolute Gasteiger partial charge is 0.418 e. The van der Waals surface area contributed by atoms with Gasteiger partial charge in [-0.15, -0.1) is 0 Å². The second-order valence-corrected chi connectivity index (χ2v) is 6.47. The van der Waals surface area contributed by atoms with E-state index >= 15 is 0 Å². The Labute approximate surface area is 156 Å². The van der Waals surface area contributed by atoms with Gasteiger partial charge in [-0.3, -0.25) is 9.89 Å². The first-order valence-corrected chi connectivity index (χ1v) is 8.23. The number of aryl methyl sites for hydroxylation is 1. The number of amides is 1. The van der Waals surface area contributed by atoms with E-state index in [9.17, 15) is 18.0 Å². The molecule has 0 saturated carbocycles. The summed E-state index contributed by atoms with van der Waals surface area (Å²) in [6.07, 6.45) is -4.65. The maximum absolute atomic E-state index is 13.5. The zero-order valence-corrected chi connectivity index (χ0v) is 15.1. The molecule has 0 aliphatic carbocycles. The standard InChI is InChI=1S/C16H15F3N8O/c1-7-9-4-13(11(16(17,18)19)5-12(9)22-21-7)20-14(28)10-6-27-15(23-24-25-27)26(3)8(10)2/h4-5H,6H2,1-3H3,(H,20,28)(H,21,22). The number of tetrazole rings is 1. The molecule has 12 heteroatoms. The van der Waals surface area contributed by atoms with E-state index in [0.29, 0.717) is 22.7 Å². The van der Waals surface area contributed by atoms with Crippen LogP contribution in [0.25, 0.3) is 10.9 Å². The lowest BCUT2D eigenvalue weighted by molar-refractivity contribution is -0.136. The fourth-order valence-electron chi connectivity index (χ4n) is 3.12. The number of fused-ring (bicyclic) bond motifs is 2. The van der Waals surface area contributed by atoms with E-state index in [1.165, 1.54) is 10.7 Å². The number of allylic oxidation sites excluding steroid dienone is 1. The molecule has 28 heavy (non-hydrogen) atoms. The molecular weight excluding hydrogens is 377 g/mol. The third-order valence-corrected chi connectivity index (χ3v) is 4.77. The fourth-order valence-corrected chi connectivity index (χ4v) is 3.12. The summed E-state index contributed by atoms with van der Waals surface area (Å²) in [5.41, 5.74) is 0.290. The van der Waals surface area contributed by atoms with Crippen LogP contribution in [0.2, 0.25) is 0 Å². The number of aromatic nitrogens is 6. The van der Waals surface area contributed by atoms with Crippen LogP contribution in [-0.2, 0) is 17.5 Å². The molecule has 2 aromatic heterocycles. The number of rotatable bonds is 2. The highest BCUT2D eigenvalue weighted by molar-refractivity contribution is 6.06. The Bertz CT molecular complexity index is 1130. The smallest absolute Gasteiger partial charge is 0.322 e. The molecule has 0 fully saturated rings. The molecule has 9 nitrogen and oxygen atoms in total. The number of hydrogen-bond acceptors (Lipinski definition) is 6. The van der Waals surface area contributed by atoms with Gasteiger partial charge in [0.15, 0.2) is 0 Å². The van der Waals surface area contributed by atoms with E-state index < -0.39 is 17.6 Å². The summed E-state index contributed by atoms with van der Waals surface area (Å²) >= 11 is 0. The number of alkyl halides is 3. The number of nitrogens with zero attached hydrogens (tertiary/aromatic N) is 6. The number of halogens is 3. The lowest BCUT2D eigenvalue weighted by Crippen LogP contribution is -2.32. The van der Waals surface area contributed by atoms with Crippen LogP contribution in [-0.4, -0.2) is 43.4 Å². The topological polar surface area (TPSA) is 105 Å². The van der Waals surface area contributed by atoms with Crippen LogP contribution < -0.4 is 10.2 Å². The van der Waals surface area contributed by atoms with Gasteiger partial charge < -0.3 is 10.2 Å². The van der Waals surface area contributed by atoms with Crippen LogP contribution in [0.15, 0.2) is 23.4 Å². The number of carbonyl (C=O) groups is 1. The average Bonchev–Trinajstić information content (AvgIpc) is 3.23. The fraction of sp³-hybridized carbons (Fsp3) is 0.312. The summed E-state index contributed by atoms with van der Waals surface area (Å²) < 4.78 is 42.0. The first-order valence-electron chi connectivity index (χ1n) is 8.23. The molecule has 0 unspecified atom stereocenters. The summed E-state index contributed by atoms with van der Waals surface area (Å²) in [4.78, 5) is 14.4. The average molecular weight is 392 g/mol. The Morgan fingerprint density at radius 1 is 1.29 bits per heavy atom. The number of benzene rings is 1. The summed E-state index contributed by atoms with van der Waals surface area (Å²) in [5, 5.41) is 20.6. The van der Waals surface area contributed by atoms with Gasteiger partial charge >= 0.3 is 6.18 Å². The predicted molar refractivity (Wildman–Crippen MR) is 93.4 cm³/mol. The van der Waals surface area contributed by atoms with E-state index in [1.807, 2.05) is 0 Å². The first-order chi connectivity index (χ1) is 13.2. The molecule has 4 rings (SSSR count). The van der Waals surface area contributed by atoms with Gasteiger partial charge in [0.05, 0.1) is 28.9 Å². The Hall–Kier alpha value is -3.44. The molecule has 2 N–H and O–H groups in total. The normalized spacial score (nSPS) is 14.6. The molecule has 0 radical (unpaired) electrons. The van der Waals surface area contributed by atoms with Gasteiger partial charge in [-0.2, -0.15) is 18.3 Å². The number of carbonyl (C=O) groups excluding carboxylic acids is 1. The minimum absolute atomic E-state index is 0.0542. The summed E-state index contributed by atoms with van der Waals surface area (Å²) in [6.45, 7) is 3.43. The second-order valence-electron chi connectivity index (χ2n) is 6.47. The Morgan fingerprint density at radius 2 is 2.04 bits per heavy atom. The number of anilines is 2. The molecule has 0 bridgehead atoms. The van der Waals surface area contributed by atoms with Gasteiger partial charge in [-0.1, -0.05) is 5.10 Å². The lowest BCUT2D eigenvalue weighted by atomic mass is 10.1. The Kier molecular flexibility index (Phi) is 3.87. The molecule has 0 saturated heterocycles. The molecule has 1 aliphatic rings. The maximum atomic E-state index is 13.5. The maximum Gasteiger partial charge on any atom is 0.418 e. The zero-order chi connectivity index (χ0) is 20.2. The number of H-pyrrole nitrogens is 1. The molecule has 1 aliphatic heterocycles. The molecule has 0 spiro atoms. The molecule has 1 amide bonds. The molecule has 146 valence electrons. The van der Waals surface area contributed by atoms with E-state index in [2.05, 4.69) is 31.0 Å². The van der Waals surface area contributed by atoms with Gasteiger partial charge in [-0.05, 0) is 36.4 Å². The first kappa shape index (κ1) is 17.9. The number of nitrogens with one attached hydrogen (secondary N) is 2. The molecule has 3 aromatic rings. The van der Waals surface area contributed by atoms with Crippen molar-refractivity contribution in [1.82, 2.24) is 30.4 Å². The highest BCUT2D eigenvalue weighted by atomic mass is 19.4. The summed E-state index contributed by atoms with van der Waals surface area (Å²) in [6, 6.07) is 2.20. The van der Waals surface area contributed by atoms with Crippen molar-refractivity contribution >= 4 is 28.4 Å². The van der Waals surface area contributed by atoms with Crippen molar-refractivity contribution in [3.63, 3.8) is 0 Å². The van der Waals surface area contributed by atoms with Crippen molar-refractivity contribution in [2.75, 3.05) is 17.3 Å². The SMILES string of the molecule is CC1=C(C(=O)Nc2cc3c(C)[nH]nc3cc2C(F)(F)F)Cn2nnnc2N1C. The van der Waals surface area contributed by atoms with Crippen LogP contribution in [0.1, 0.15) is 18.2 Å². The molecule has 3 heterocycles. The number of hydrogen-bond donors (Lipinski definition) is 2. The van der Waals surface area contributed by atoms with Gasteiger partial charge in [0.25, 0.3) is 5.91 Å². The molecule has 0 atom stereocenters. The minimum Gasteiger partial charge on any atom is -0.322 e. The van der Waals surface area contributed by atoms with Gasteiger partial charge in [-0.25, -0.2) is 4.68 Å². The van der Waals surface area contributed by atoms with Crippen LogP contribution in [0, 0.1) is 6.92 Å². The van der Waals surface area contributed by atoms with Crippen molar-refractivity contribution in [3.8, 4) is 0 Å². The van der Waals surface area contributed by atoms with Crippen molar-refractivity contribution in [1.29, 1.82) is 0 Å². The van der Waals surface area contributed by atoms with E-state index in [4.69, 9.17) is 0 Å². The van der Waals surface area contributed by atoms with Gasteiger partial charge in [0, 0.05) is 23.8 Å². The van der Waals surface area contributed by atoms with Crippen molar-refractivity contribution in [2.45, 2.75) is 26.6 Å². The summed E-state index contributed by atoms with van der Waals surface area (Å²) in [5.74, 6) is -0.211. The third kappa shape index (κ3) is 2.77. The Morgan fingerprint density at radius 3 is 2.75 bits per heavy atom. The quantitative estimate of drug-likeness (QED) is 0.693. The zero-order valence-electron chi connectivity index (χ0n) is 15.1. The van der Waals surface area contributed by atoms with E-state index in [0.717, 1.165) is 6.07 Å². The van der Waals surface area contributed by atoms with Crippen molar-refractivity contribution in [3.05, 3.63) is 34.7 Å². The van der Waals surface area contributed by atoms with Crippen molar-refractivity contribution < 1.29 is 18.0 Å². The number of aromatic amines is 1.